The van der Waals surface area contributed by atoms with Crippen LogP contribution in [-0.4, -0.2) is 42.4 Å². The number of carbonyl (C=O) groups is 1. The number of hydrogen-bond donors (Lipinski definition) is 2. The highest BCUT2D eigenvalue weighted by Gasteiger charge is 2.26. The van der Waals surface area contributed by atoms with Gasteiger partial charge in [-0.2, -0.15) is 0 Å². The van der Waals surface area contributed by atoms with Crippen LogP contribution in [0.4, 0.5) is 9.18 Å². The Labute approximate surface area is 217 Å². The Balaban J connectivity index is 2.22. The number of benzene rings is 2. The predicted octanol–water partition coefficient (Wildman–Crippen LogP) is 4.64. The number of amides is 1. The van der Waals surface area contributed by atoms with Gasteiger partial charge >= 0.3 is 6.09 Å². The summed E-state index contributed by atoms with van der Waals surface area (Å²) in [6.07, 6.45) is 3.00. The smallest absolute Gasteiger partial charge is 0.421 e. The van der Waals surface area contributed by atoms with E-state index in [1.165, 1.54) is 24.3 Å². The minimum Gasteiger partial charge on any atom is -0.446 e. The summed E-state index contributed by atoms with van der Waals surface area (Å²) in [7, 11) is -4.42. The highest BCUT2D eigenvalue weighted by molar-refractivity contribution is 7.90. The molecule has 3 rings (SSSR count). The fourth-order valence-corrected chi connectivity index (χ4v) is 5.30. The van der Waals surface area contributed by atoms with Gasteiger partial charge in [0.25, 0.3) is 10.0 Å². The van der Waals surface area contributed by atoms with Crippen molar-refractivity contribution in [1.29, 1.82) is 0 Å². The van der Waals surface area contributed by atoms with E-state index in [4.69, 9.17) is 9.84 Å². The van der Waals surface area contributed by atoms with Crippen LogP contribution in [0.2, 0.25) is 0 Å². The van der Waals surface area contributed by atoms with E-state index in [9.17, 15) is 17.6 Å². The number of nitrogens with one attached hydrogen (secondary N) is 1. The molecule has 0 bridgehead atoms. The van der Waals surface area contributed by atoms with Crippen LogP contribution in [0.3, 0.4) is 0 Å². The van der Waals surface area contributed by atoms with Crippen LogP contribution in [0.25, 0.3) is 11.1 Å². The summed E-state index contributed by atoms with van der Waals surface area (Å²) in [5, 5.41) is 8.89. The topological polar surface area (TPSA) is 111 Å². The van der Waals surface area contributed by atoms with Crippen molar-refractivity contribution >= 4 is 16.1 Å². The van der Waals surface area contributed by atoms with Gasteiger partial charge in [0.1, 0.15) is 18.2 Å². The van der Waals surface area contributed by atoms with E-state index in [-0.39, 0.29) is 28.4 Å². The van der Waals surface area contributed by atoms with Crippen molar-refractivity contribution in [2.75, 3.05) is 13.2 Å². The molecule has 0 saturated carbocycles. The molecule has 0 fully saturated rings. The zero-order chi connectivity index (χ0) is 27.4. The van der Waals surface area contributed by atoms with Crippen molar-refractivity contribution in [3.8, 4) is 11.1 Å². The van der Waals surface area contributed by atoms with Crippen molar-refractivity contribution in [3.05, 3.63) is 71.6 Å². The van der Waals surface area contributed by atoms with Crippen LogP contribution in [0, 0.1) is 11.7 Å². The number of hydrogen-bond acceptors (Lipinski definition) is 6. The Morgan fingerprint density at radius 2 is 1.92 bits per heavy atom. The summed E-state index contributed by atoms with van der Waals surface area (Å²) in [6.45, 7) is 9.82. The van der Waals surface area contributed by atoms with Crippen LogP contribution in [0.1, 0.15) is 51.6 Å². The van der Waals surface area contributed by atoms with E-state index < -0.39 is 28.5 Å². The van der Waals surface area contributed by atoms with Crippen LogP contribution in [-0.2, 0) is 33.1 Å². The third kappa shape index (κ3) is 7.17. The molecule has 0 unspecified atom stereocenters. The lowest BCUT2D eigenvalue weighted by atomic mass is 9.92. The SMILES string of the molecule is CC(C)Cc1cc(-c2cccc(F)c2)c(S(=O)(=O)NC(=O)OCCO)cc1Cn1ccnc1C(C)(C)C. The number of sulfonamides is 1. The van der Waals surface area contributed by atoms with Gasteiger partial charge in [0.05, 0.1) is 11.5 Å². The highest BCUT2D eigenvalue weighted by Crippen LogP contribution is 2.33. The number of halogens is 1. The van der Waals surface area contributed by atoms with Crippen molar-refractivity contribution < 1.29 is 27.4 Å². The second-order valence-corrected chi connectivity index (χ2v) is 12.0. The lowest BCUT2D eigenvalue weighted by Gasteiger charge is -2.22. The van der Waals surface area contributed by atoms with Gasteiger partial charge in [0.15, 0.2) is 0 Å². The molecule has 10 heteroatoms. The Kier molecular flexibility index (Phi) is 8.76. The third-order valence-corrected chi connectivity index (χ3v) is 6.98. The predicted molar refractivity (Wildman–Crippen MR) is 139 cm³/mol. The molecule has 2 N–H and O–H groups in total. The Bertz CT molecular complexity index is 1360. The Hall–Kier alpha value is -3.24. The van der Waals surface area contributed by atoms with E-state index in [1.807, 2.05) is 36.3 Å². The van der Waals surface area contributed by atoms with E-state index in [1.54, 1.807) is 18.3 Å². The standard InChI is InChI=1S/C27H34FN3O5S/c1-18(2)13-20-15-23(19-7-6-8-22(28)14-19)24(37(34,35)30-26(33)36-12-11-32)16-21(20)17-31-10-9-29-25(31)27(3,4)5/h6-10,14-16,18,32H,11-13,17H2,1-5H3,(H,30,33). The highest BCUT2D eigenvalue weighted by atomic mass is 32.2. The average molecular weight is 532 g/mol. The lowest BCUT2D eigenvalue weighted by Crippen LogP contribution is -2.32. The van der Waals surface area contributed by atoms with Gasteiger partial charge in [0.2, 0.25) is 0 Å². The summed E-state index contributed by atoms with van der Waals surface area (Å²) < 4.78 is 49.6. The molecule has 8 nitrogen and oxygen atoms in total. The van der Waals surface area contributed by atoms with Gasteiger partial charge in [-0.05, 0) is 53.3 Å². The van der Waals surface area contributed by atoms with Gasteiger partial charge < -0.3 is 14.4 Å². The summed E-state index contributed by atoms with van der Waals surface area (Å²) in [5.41, 5.74) is 2.03. The number of imidazole rings is 1. The zero-order valence-corrected chi connectivity index (χ0v) is 22.6. The second-order valence-electron chi connectivity index (χ2n) is 10.3. The van der Waals surface area contributed by atoms with Crippen molar-refractivity contribution in [1.82, 2.24) is 14.3 Å². The lowest BCUT2D eigenvalue weighted by molar-refractivity contribution is 0.124. The molecule has 1 heterocycles. The first-order chi connectivity index (χ1) is 17.3. The molecule has 0 aliphatic heterocycles. The van der Waals surface area contributed by atoms with E-state index in [0.717, 1.165) is 17.0 Å². The number of aliphatic hydroxyl groups is 1. The molecule has 1 aromatic heterocycles. The molecule has 0 aliphatic carbocycles. The monoisotopic (exact) mass is 531 g/mol. The molecule has 200 valence electrons. The minimum absolute atomic E-state index is 0.182. The number of aromatic nitrogens is 2. The van der Waals surface area contributed by atoms with E-state index in [0.29, 0.717) is 18.5 Å². The average Bonchev–Trinajstić information content (AvgIpc) is 3.26. The zero-order valence-electron chi connectivity index (χ0n) is 21.8. The Morgan fingerprint density at radius 3 is 2.54 bits per heavy atom. The van der Waals surface area contributed by atoms with E-state index in [2.05, 4.69) is 18.8 Å². The molecular formula is C27H34FN3O5S. The maximum Gasteiger partial charge on any atom is 0.421 e. The summed E-state index contributed by atoms with van der Waals surface area (Å²) in [5.74, 6) is 0.587. The summed E-state index contributed by atoms with van der Waals surface area (Å²) in [4.78, 5) is 16.4. The summed E-state index contributed by atoms with van der Waals surface area (Å²) >= 11 is 0. The maximum absolute atomic E-state index is 14.2. The van der Waals surface area contributed by atoms with Crippen LogP contribution >= 0.6 is 0 Å². The van der Waals surface area contributed by atoms with Crippen molar-refractivity contribution in [2.24, 2.45) is 5.92 Å². The molecule has 2 aromatic carbocycles. The summed E-state index contributed by atoms with van der Waals surface area (Å²) in [6, 6.07) is 8.94. The molecule has 3 aromatic rings. The van der Waals surface area contributed by atoms with Crippen molar-refractivity contribution in [2.45, 2.75) is 57.9 Å². The number of aliphatic hydroxyl groups excluding tert-OH is 1. The van der Waals surface area contributed by atoms with Gasteiger partial charge in [-0.3, -0.25) is 0 Å². The van der Waals surface area contributed by atoms with Gasteiger partial charge in [-0.25, -0.2) is 27.3 Å². The minimum atomic E-state index is -4.42. The van der Waals surface area contributed by atoms with Gasteiger partial charge in [-0.1, -0.05) is 46.8 Å². The van der Waals surface area contributed by atoms with Crippen molar-refractivity contribution in [3.63, 3.8) is 0 Å². The molecule has 0 radical (unpaired) electrons. The largest absolute Gasteiger partial charge is 0.446 e. The van der Waals surface area contributed by atoms with Gasteiger partial charge in [-0.15, -0.1) is 0 Å². The Morgan fingerprint density at radius 1 is 1.19 bits per heavy atom. The number of carbonyl (C=O) groups excluding carboxylic acids is 1. The number of rotatable bonds is 9. The fraction of sp³-hybridized carbons (Fsp3) is 0.407. The number of ether oxygens (including phenoxy) is 1. The molecular weight excluding hydrogens is 497 g/mol. The molecule has 1 amide bonds. The molecule has 0 spiro atoms. The molecule has 37 heavy (non-hydrogen) atoms. The molecule has 0 aliphatic rings. The quantitative estimate of drug-likeness (QED) is 0.416. The first-order valence-electron chi connectivity index (χ1n) is 12.1. The number of nitrogens with zero attached hydrogens (tertiary/aromatic N) is 2. The second kappa shape index (κ2) is 11.4. The molecule has 0 saturated heterocycles. The fourth-order valence-electron chi connectivity index (χ4n) is 4.14. The van der Waals surface area contributed by atoms with Crippen LogP contribution in [0.15, 0.2) is 53.7 Å². The maximum atomic E-state index is 14.2. The van der Waals surface area contributed by atoms with Crippen LogP contribution < -0.4 is 4.72 Å². The van der Waals surface area contributed by atoms with Gasteiger partial charge in [0, 0.05) is 29.9 Å². The third-order valence-electron chi connectivity index (χ3n) is 5.62. The molecule has 0 atom stereocenters. The van der Waals surface area contributed by atoms with Crippen LogP contribution in [0.5, 0.6) is 0 Å². The first kappa shape index (κ1) is 28.3. The van der Waals surface area contributed by atoms with E-state index >= 15 is 0 Å². The first-order valence-corrected chi connectivity index (χ1v) is 13.5. The normalized spacial score (nSPS) is 12.1.